The van der Waals surface area contributed by atoms with Gasteiger partial charge >= 0.3 is 0 Å². The van der Waals surface area contributed by atoms with Gasteiger partial charge in [0.2, 0.25) is 5.91 Å². The Morgan fingerprint density at radius 1 is 1.15 bits per heavy atom. The van der Waals surface area contributed by atoms with Crippen LogP contribution < -0.4 is 0 Å². The second kappa shape index (κ2) is 9.35. The highest BCUT2D eigenvalue weighted by Crippen LogP contribution is 2.33. The van der Waals surface area contributed by atoms with Gasteiger partial charge in [-0.2, -0.15) is 0 Å². The number of sulfone groups is 1. The van der Waals surface area contributed by atoms with E-state index in [4.69, 9.17) is 0 Å². The van der Waals surface area contributed by atoms with Crippen LogP contribution in [0.25, 0.3) is 16.9 Å². The number of nitrogens with zero attached hydrogens (tertiary/aromatic N) is 3. The lowest BCUT2D eigenvalue weighted by atomic mass is 10.1. The molecule has 0 bridgehead atoms. The third-order valence-corrected chi connectivity index (χ3v) is 8.80. The van der Waals surface area contributed by atoms with Crippen LogP contribution in [0.5, 0.6) is 0 Å². The summed E-state index contributed by atoms with van der Waals surface area (Å²) in [6.07, 6.45) is 2.34. The standard InChI is InChI=1S/C25H29N3O3S2/c1-17-12-18(2)14-22(13-17)28-23(20-8-6-5-7-9-20)15-26-25(28)32-19(3)24(29)27(4)21-10-11-33(30,31)16-21/h5-9,12-15,19,21H,10-11,16H2,1-4H3/t19-,21+/m0/s1. The number of aryl methyl sites for hydroxylation is 2. The van der Waals surface area contributed by atoms with Crippen LogP contribution in [0, 0.1) is 13.8 Å². The number of benzene rings is 2. The van der Waals surface area contributed by atoms with Crippen molar-refractivity contribution in [2.24, 2.45) is 0 Å². The maximum absolute atomic E-state index is 13.2. The molecule has 1 aliphatic rings. The zero-order valence-corrected chi connectivity index (χ0v) is 21.0. The monoisotopic (exact) mass is 483 g/mol. The highest BCUT2D eigenvalue weighted by Gasteiger charge is 2.34. The number of hydrogen-bond donors (Lipinski definition) is 0. The first kappa shape index (κ1) is 23.6. The van der Waals surface area contributed by atoms with E-state index in [-0.39, 0.29) is 23.5 Å². The molecule has 1 fully saturated rings. The molecule has 2 aromatic carbocycles. The molecule has 0 N–H and O–H groups in total. The fourth-order valence-corrected chi connectivity index (χ4v) is 7.10. The quantitative estimate of drug-likeness (QED) is 0.489. The summed E-state index contributed by atoms with van der Waals surface area (Å²) < 4.78 is 25.8. The second-order valence-electron chi connectivity index (χ2n) is 8.74. The van der Waals surface area contributed by atoms with Crippen LogP contribution in [-0.2, 0) is 14.6 Å². The summed E-state index contributed by atoms with van der Waals surface area (Å²) in [6.45, 7) is 5.99. The number of thioether (sulfide) groups is 1. The Morgan fingerprint density at radius 3 is 2.42 bits per heavy atom. The Kier molecular flexibility index (Phi) is 6.68. The van der Waals surface area contributed by atoms with Crippen LogP contribution in [0.2, 0.25) is 0 Å². The minimum atomic E-state index is -3.05. The Morgan fingerprint density at radius 2 is 1.82 bits per heavy atom. The van der Waals surface area contributed by atoms with Crippen molar-refractivity contribution in [1.82, 2.24) is 14.5 Å². The fourth-order valence-electron chi connectivity index (χ4n) is 4.32. The second-order valence-corrected chi connectivity index (χ2v) is 12.3. The van der Waals surface area contributed by atoms with Gasteiger partial charge in [0, 0.05) is 24.3 Å². The molecule has 6 nitrogen and oxygen atoms in total. The molecule has 2 atom stereocenters. The molecule has 0 spiro atoms. The van der Waals surface area contributed by atoms with E-state index in [9.17, 15) is 13.2 Å². The smallest absolute Gasteiger partial charge is 0.235 e. The SMILES string of the molecule is Cc1cc(C)cc(-n2c(-c3ccccc3)cnc2S[C@@H](C)C(=O)N(C)[C@@H]2CCS(=O)(=O)C2)c1. The fraction of sp³-hybridized carbons (Fsp3) is 0.360. The first-order chi connectivity index (χ1) is 15.6. The summed E-state index contributed by atoms with van der Waals surface area (Å²) in [5, 5.41) is 0.320. The van der Waals surface area contributed by atoms with E-state index in [0.29, 0.717) is 6.42 Å². The van der Waals surface area contributed by atoms with Gasteiger partial charge in [-0.15, -0.1) is 0 Å². The maximum Gasteiger partial charge on any atom is 0.235 e. The molecule has 0 aliphatic carbocycles. The van der Waals surface area contributed by atoms with E-state index in [0.717, 1.165) is 33.2 Å². The van der Waals surface area contributed by atoms with E-state index in [1.165, 1.54) is 11.8 Å². The topological polar surface area (TPSA) is 72.3 Å². The lowest BCUT2D eigenvalue weighted by molar-refractivity contribution is -0.130. The summed E-state index contributed by atoms with van der Waals surface area (Å²) in [7, 11) is -1.35. The van der Waals surface area contributed by atoms with Crippen molar-refractivity contribution in [2.45, 2.75) is 43.6 Å². The molecule has 0 unspecified atom stereocenters. The summed E-state index contributed by atoms with van der Waals surface area (Å²) >= 11 is 1.40. The van der Waals surface area contributed by atoms with Crippen LogP contribution in [0.3, 0.4) is 0 Å². The van der Waals surface area contributed by atoms with Crippen molar-refractivity contribution < 1.29 is 13.2 Å². The van der Waals surface area contributed by atoms with Crippen LogP contribution in [-0.4, -0.2) is 58.6 Å². The number of aromatic nitrogens is 2. The van der Waals surface area contributed by atoms with Crippen LogP contribution in [0.15, 0.2) is 59.9 Å². The molecular weight excluding hydrogens is 454 g/mol. The molecule has 33 heavy (non-hydrogen) atoms. The molecule has 1 amide bonds. The van der Waals surface area contributed by atoms with Gasteiger partial charge in [0.1, 0.15) is 0 Å². The van der Waals surface area contributed by atoms with Gasteiger partial charge in [-0.1, -0.05) is 48.2 Å². The lowest BCUT2D eigenvalue weighted by Crippen LogP contribution is -2.41. The third kappa shape index (κ3) is 5.17. The summed E-state index contributed by atoms with van der Waals surface area (Å²) in [4.78, 5) is 19.4. The zero-order chi connectivity index (χ0) is 23.8. The molecule has 1 aliphatic heterocycles. The van der Waals surface area contributed by atoms with E-state index in [2.05, 4.69) is 41.6 Å². The lowest BCUT2D eigenvalue weighted by Gasteiger charge is -2.26. The Hall–Kier alpha value is -2.58. The number of carbonyl (C=O) groups is 1. The van der Waals surface area contributed by atoms with Crippen molar-refractivity contribution in [3.63, 3.8) is 0 Å². The van der Waals surface area contributed by atoms with E-state index in [1.807, 2.05) is 43.5 Å². The predicted molar refractivity (Wildman–Crippen MR) is 134 cm³/mol. The van der Waals surface area contributed by atoms with Gasteiger partial charge in [0.05, 0.1) is 28.6 Å². The van der Waals surface area contributed by atoms with Crippen molar-refractivity contribution in [1.29, 1.82) is 0 Å². The number of imidazole rings is 1. The van der Waals surface area contributed by atoms with E-state index < -0.39 is 15.1 Å². The highest BCUT2D eigenvalue weighted by atomic mass is 32.2. The van der Waals surface area contributed by atoms with Gasteiger partial charge in [-0.05, 0) is 50.5 Å². The van der Waals surface area contributed by atoms with Crippen LogP contribution >= 0.6 is 11.8 Å². The summed E-state index contributed by atoms with van der Waals surface area (Å²) in [5.41, 5.74) is 5.31. The van der Waals surface area contributed by atoms with Gasteiger partial charge < -0.3 is 4.90 Å². The maximum atomic E-state index is 13.2. The minimum absolute atomic E-state index is 0.0436. The minimum Gasteiger partial charge on any atom is -0.341 e. The molecule has 4 rings (SSSR count). The first-order valence-electron chi connectivity index (χ1n) is 11.0. The van der Waals surface area contributed by atoms with Crippen molar-refractivity contribution in [3.8, 4) is 16.9 Å². The number of rotatable bonds is 6. The van der Waals surface area contributed by atoms with Gasteiger partial charge in [0.25, 0.3) is 0 Å². The largest absolute Gasteiger partial charge is 0.341 e. The number of hydrogen-bond acceptors (Lipinski definition) is 5. The Balaban J connectivity index is 1.66. The third-order valence-electron chi connectivity index (χ3n) is 6.00. The average Bonchev–Trinajstić information content (AvgIpc) is 3.35. The molecular formula is C25H29N3O3S2. The van der Waals surface area contributed by atoms with Crippen molar-refractivity contribution in [3.05, 3.63) is 65.9 Å². The average molecular weight is 484 g/mol. The molecule has 0 radical (unpaired) electrons. The Bertz CT molecular complexity index is 1250. The molecule has 8 heteroatoms. The van der Waals surface area contributed by atoms with Crippen LogP contribution in [0.1, 0.15) is 24.5 Å². The first-order valence-corrected chi connectivity index (χ1v) is 13.7. The highest BCUT2D eigenvalue weighted by molar-refractivity contribution is 8.00. The summed E-state index contributed by atoms with van der Waals surface area (Å²) in [6, 6.07) is 16.2. The normalized spacial score (nSPS) is 18.2. The van der Waals surface area contributed by atoms with Crippen LogP contribution in [0.4, 0.5) is 0 Å². The van der Waals surface area contributed by atoms with E-state index in [1.54, 1.807) is 11.9 Å². The van der Waals surface area contributed by atoms with Crippen molar-refractivity contribution >= 4 is 27.5 Å². The molecule has 0 saturated carbocycles. The van der Waals surface area contributed by atoms with E-state index >= 15 is 0 Å². The van der Waals surface area contributed by atoms with Gasteiger partial charge in [-0.3, -0.25) is 9.36 Å². The number of amides is 1. The Labute approximate surface area is 199 Å². The zero-order valence-electron chi connectivity index (χ0n) is 19.4. The molecule has 3 aromatic rings. The summed E-state index contributed by atoms with van der Waals surface area (Å²) in [5.74, 6) is 0.106. The van der Waals surface area contributed by atoms with Crippen molar-refractivity contribution in [2.75, 3.05) is 18.6 Å². The molecule has 2 heterocycles. The van der Waals surface area contributed by atoms with Gasteiger partial charge in [0.15, 0.2) is 15.0 Å². The molecule has 1 aromatic heterocycles. The molecule has 174 valence electrons. The van der Waals surface area contributed by atoms with Gasteiger partial charge in [-0.25, -0.2) is 13.4 Å². The molecule has 1 saturated heterocycles. The predicted octanol–water partition coefficient (Wildman–Crippen LogP) is 4.28. The number of carbonyl (C=O) groups excluding carboxylic acids is 1.